The van der Waals surface area contributed by atoms with E-state index in [0.29, 0.717) is 13.2 Å². The molecule has 6 nitrogen and oxygen atoms in total. The molecule has 2 saturated heterocycles. The molecule has 2 fully saturated rings. The summed E-state index contributed by atoms with van der Waals surface area (Å²) in [5.74, 6) is -0.290. The molecule has 0 aromatic heterocycles. The van der Waals surface area contributed by atoms with Gasteiger partial charge in [0.15, 0.2) is 0 Å². The second-order valence-corrected chi connectivity index (χ2v) is 6.02. The zero-order chi connectivity index (χ0) is 15.7. The smallest absolute Gasteiger partial charge is 0.311 e. The van der Waals surface area contributed by atoms with E-state index in [1.54, 1.807) is 19.0 Å². The summed E-state index contributed by atoms with van der Waals surface area (Å²) < 4.78 is 0. The SMILES string of the molecule is CN1C(=O)[C@H]2CN(CCc3ccccc3)CN[C@@H]2N(C)C1=O. The Morgan fingerprint density at radius 1 is 1.18 bits per heavy atom. The maximum atomic E-state index is 12.3. The topological polar surface area (TPSA) is 55.9 Å². The van der Waals surface area contributed by atoms with Gasteiger partial charge in [0.1, 0.15) is 0 Å². The van der Waals surface area contributed by atoms with Gasteiger partial charge in [-0.25, -0.2) is 4.79 Å². The van der Waals surface area contributed by atoms with Crippen molar-refractivity contribution < 1.29 is 9.59 Å². The third-order valence-electron chi connectivity index (χ3n) is 4.57. The highest BCUT2D eigenvalue weighted by Crippen LogP contribution is 2.23. The molecule has 0 saturated carbocycles. The van der Waals surface area contributed by atoms with E-state index in [9.17, 15) is 9.59 Å². The fourth-order valence-corrected chi connectivity index (χ4v) is 3.23. The minimum atomic E-state index is -0.239. The molecule has 2 heterocycles. The standard InChI is InChI=1S/C16H22N4O2/c1-18-14-13(15(21)19(2)16(18)22)10-20(11-17-14)9-8-12-6-4-3-5-7-12/h3-7,13-14,17H,8-11H2,1-2H3/t13-,14+/m0/s1. The Morgan fingerprint density at radius 3 is 2.64 bits per heavy atom. The summed E-state index contributed by atoms with van der Waals surface area (Å²) in [6, 6.07) is 10.1. The van der Waals surface area contributed by atoms with Gasteiger partial charge in [-0.1, -0.05) is 30.3 Å². The van der Waals surface area contributed by atoms with Crippen LogP contribution in [0.2, 0.25) is 0 Å². The average molecular weight is 302 g/mol. The van der Waals surface area contributed by atoms with Gasteiger partial charge in [0.25, 0.3) is 0 Å². The van der Waals surface area contributed by atoms with Gasteiger partial charge < -0.3 is 4.90 Å². The number of imide groups is 1. The van der Waals surface area contributed by atoms with Crippen molar-refractivity contribution in [2.24, 2.45) is 5.92 Å². The van der Waals surface area contributed by atoms with Gasteiger partial charge in [0, 0.05) is 33.9 Å². The maximum Gasteiger partial charge on any atom is 0.327 e. The molecule has 0 radical (unpaired) electrons. The van der Waals surface area contributed by atoms with Gasteiger partial charge in [0.2, 0.25) is 5.91 Å². The number of nitrogens with one attached hydrogen (secondary N) is 1. The van der Waals surface area contributed by atoms with Crippen molar-refractivity contribution in [1.29, 1.82) is 0 Å². The van der Waals surface area contributed by atoms with Crippen molar-refractivity contribution in [2.45, 2.75) is 12.6 Å². The van der Waals surface area contributed by atoms with E-state index < -0.39 is 0 Å². The van der Waals surface area contributed by atoms with E-state index >= 15 is 0 Å². The molecule has 6 heteroatoms. The summed E-state index contributed by atoms with van der Waals surface area (Å²) in [5, 5.41) is 3.32. The van der Waals surface area contributed by atoms with E-state index in [1.807, 2.05) is 18.2 Å². The summed E-state index contributed by atoms with van der Waals surface area (Å²) >= 11 is 0. The van der Waals surface area contributed by atoms with Crippen LogP contribution in [-0.4, -0.2) is 66.7 Å². The van der Waals surface area contributed by atoms with E-state index in [2.05, 4.69) is 22.3 Å². The highest BCUT2D eigenvalue weighted by molar-refractivity contribution is 5.98. The molecule has 1 aromatic rings. The van der Waals surface area contributed by atoms with Crippen molar-refractivity contribution in [3.8, 4) is 0 Å². The Bertz CT molecular complexity index is 563. The van der Waals surface area contributed by atoms with Crippen LogP contribution in [0.4, 0.5) is 4.79 Å². The van der Waals surface area contributed by atoms with Crippen molar-refractivity contribution >= 4 is 11.9 Å². The van der Waals surface area contributed by atoms with Gasteiger partial charge in [-0.2, -0.15) is 0 Å². The van der Waals surface area contributed by atoms with Crippen LogP contribution in [0.3, 0.4) is 0 Å². The van der Waals surface area contributed by atoms with E-state index in [-0.39, 0.29) is 24.0 Å². The molecular formula is C16H22N4O2. The predicted molar refractivity (Wildman–Crippen MR) is 82.9 cm³/mol. The summed E-state index contributed by atoms with van der Waals surface area (Å²) in [5.41, 5.74) is 1.30. The Labute approximate surface area is 130 Å². The molecule has 2 atom stereocenters. The van der Waals surface area contributed by atoms with Crippen molar-refractivity contribution in [3.05, 3.63) is 35.9 Å². The normalized spacial score (nSPS) is 26.3. The number of urea groups is 1. The summed E-state index contributed by atoms with van der Waals surface area (Å²) in [4.78, 5) is 29.4. The number of fused-ring (bicyclic) bond motifs is 1. The first-order valence-electron chi connectivity index (χ1n) is 7.62. The molecule has 118 valence electrons. The second kappa shape index (κ2) is 6.06. The molecule has 1 N–H and O–H groups in total. The lowest BCUT2D eigenvalue weighted by Gasteiger charge is -2.47. The fraction of sp³-hybridized carbons (Fsp3) is 0.500. The van der Waals surface area contributed by atoms with Gasteiger partial charge in [-0.05, 0) is 12.0 Å². The molecule has 0 unspecified atom stereocenters. The lowest BCUT2D eigenvalue weighted by Crippen LogP contribution is -2.69. The number of rotatable bonds is 3. The summed E-state index contributed by atoms with van der Waals surface area (Å²) in [7, 11) is 3.30. The van der Waals surface area contributed by atoms with Crippen LogP contribution in [0.5, 0.6) is 0 Å². The summed E-state index contributed by atoms with van der Waals surface area (Å²) in [6.45, 7) is 2.28. The van der Waals surface area contributed by atoms with Crippen LogP contribution < -0.4 is 5.32 Å². The maximum absolute atomic E-state index is 12.3. The number of hydrogen-bond acceptors (Lipinski definition) is 4. The van der Waals surface area contributed by atoms with Gasteiger partial charge in [-0.15, -0.1) is 0 Å². The van der Waals surface area contributed by atoms with Gasteiger partial charge >= 0.3 is 6.03 Å². The molecule has 2 aliphatic heterocycles. The second-order valence-electron chi connectivity index (χ2n) is 6.02. The Hall–Kier alpha value is -1.92. The highest BCUT2D eigenvalue weighted by Gasteiger charge is 2.45. The quantitative estimate of drug-likeness (QED) is 0.886. The minimum Gasteiger partial charge on any atom is -0.311 e. The fourth-order valence-electron chi connectivity index (χ4n) is 3.23. The highest BCUT2D eigenvalue weighted by atomic mass is 16.2. The first-order valence-corrected chi connectivity index (χ1v) is 7.62. The zero-order valence-corrected chi connectivity index (χ0v) is 13.0. The Balaban J connectivity index is 1.63. The molecule has 0 aliphatic carbocycles. The van der Waals surface area contributed by atoms with Crippen LogP contribution in [0.25, 0.3) is 0 Å². The molecule has 22 heavy (non-hydrogen) atoms. The number of nitrogens with zero attached hydrogens (tertiary/aromatic N) is 3. The number of carbonyl (C=O) groups is 2. The van der Waals surface area contributed by atoms with E-state index in [0.717, 1.165) is 13.0 Å². The molecule has 2 aliphatic rings. The predicted octanol–water partition coefficient (Wildman–Crippen LogP) is 0.558. The summed E-state index contributed by atoms with van der Waals surface area (Å²) in [6.07, 6.45) is 0.766. The lowest BCUT2D eigenvalue weighted by molar-refractivity contribution is -0.141. The number of amides is 3. The number of carbonyl (C=O) groups excluding carboxylic acids is 2. The first-order chi connectivity index (χ1) is 10.6. The molecular weight excluding hydrogens is 280 g/mol. The van der Waals surface area contributed by atoms with Gasteiger partial charge in [0.05, 0.1) is 12.1 Å². The molecule has 3 rings (SSSR count). The van der Waals surface area contributed by atoms with Crippen molar-refractivity contribution in [3.63, 3.8) is 0 Å². The van der Waals surface area contributed by atoms with Crippen LogP contribution >= 0.6 is 0 Å². The largest absolute Gasteiger partial charge is 0.327 e. The van der Waals surface area contributed by atoms with Crippen molar-refractivity contribution in [1.82, 2.24) is 20.0 Å². The monoisotopic (exact) mass is 302 g/mol. The third kappa shape index (κ3) is 2.71. The molecule has 0 bridgehead atoms. The van der Waals surface area contributed by atoms with Crippen molar-refractivity contribution in [2.75, 3.05) is 33.9 Å². The third-order valence-corrected chi connectivity index (χ3v) is 4.57. The lowest BCUT2D eigenvalue weighted by atomic mass is 9.98. The number of benzene rings is 1. The van der Waals surface area contributed by atoms with E-state index in [1.165, 1.54) is 10.5 Å². The van der Waals surface area contributed by atoms with Gasteiger partial charge in [-0.3, -0.25) is 19.9 Å². The zero-order valence-electron chi connectivity index (χ0n) is 13.0. The minimum absolute atomic E-state index is 0.0926. The average Bonchev–Trinajstić information content (AvgIpc) is 2.57. The first kappa shape index (κ1) is 15.0. The number of hydrogen-bond donors (Lipinski definition) is 1. The van der Waals surface area contributed by atoms with Crippen LogP contribution in [0.1, 0.15) is 5.56 Å². The molecule has 0 spiro atoms. The van der Waals surface area contributed by atoms with Crippen LogP contribution in [0, 0.1) is 5.92 Å². The Morgan fingerprint density at radius 2 is 1.91 bits per heavy atom. The molecule has 1 aromatic carbocycles. The van der Waals surface area contributed by atoms with Crippen LogP contribution in [-0.2, 0) is 11.2 Å². The Kier molecular flexibility index (Phi) is 4.13. The van der Waals surface area contributed by atoms with Crippen LogP contribution in [0.15, 0.2) is 30.3 Å². The molecule has 3 amide bonds. The van der Waals surface area contributed by atoms with E-state index in [4.69, 9.17) is 0 Å².